The molecule has 1 amide bonds. The third-order valence-electron chi connectivity index (χ3n) is 3.24. The fraction of sp³-hybridized carbons (Fsp3) is 0.714. The molecule has 22 heavy (non-hydrogen) atoms. The Bertz CT molecular complexity index is 417. The molecule has 0 saturated carbocycles. The molecule has 126 valence electrons. The summed E-state index contributed by atoms with van der Waals surface area (Å²) in [6.07, 6.45) is 0. The van der Waals surface area contributed by atoms with Crippen LogP contribution in [-0.2, 0) is 33.4 Å². The number of carbonyl (C=O) groups excluding carboxylic acids is 4. The summed E-state index contributed by atoms with van der Waals surface area (Å²) >= 11 is 0. The summed E-state index contributed by atoms with van der Waals surface area (Å²) in [5.41, 5.74) is 0. The number of rotatable bonds is 7. The van der Waals surface area contributed by atoms with Gasteiger partial charge in [-0.05, 0) is 0 Å². The van der Waals surface area contributed by atoms with Crippen molar-refractivity contribution in [3.63, 3.8) is 0 Å². The van der Waals surface area contributed by atoms with Crippen LogP contribution < -0.4 is 5.32 Å². The zero-order valence-corrected chi connectivity index (χ0v) is 13.7. The number of carbonyl (C=O) groups is 4. The monoisotopic (exact) mass is 317 g/mol. The first-order valence-corrected chi connectivity index (χ1v) is 6.75. The van der Waals surface area contributed by atoms with Crippen LogP contribution >= 0.6 is 0 Å². The molecular formula is C14H23NO7. The minimum Gasteiger partial charge on any atom is -0.468 e. The molecule has 0 aromatic rings. The Labute approximate surface area is 129 Å². The molecule has 0 rings (SSSR count). The average molecular weight is 317 g/mol. The normalized spacial score (nSPS) is 13.3. The third-order valence-corrected chi connectivity index (χ3v) is 3.24. The van der Waals surface area contributed by atoms with Gasteiger partial charge in [0.1, 0.15) is 6.04 Å². The van der Waals surface area contributed by atoms with E-state index >= 15 is 0 Å². The van der Waals surface area contributed by atoms with Crippen LogP contribution in [0.5, 0.6) is 0 Å². The molecule has 0 aromatic heterocycles. The van der Waals surface area contributed by atoms with Gasteiger partial charge in [-0.3, -0.25) is 14.4 Å². The van der Waals surface area contributed by atoms with Gasteiger partial charge in [0.15, 0.2) is 5.92 Å². The Morgan fingerprint density at radius 1 is 0.773 bits per heavy atom. The Balaban J connectivity index is 5.49. The molecule has 0 heterocycles. The minimum atomic E-state index is -1.36. The highest BCUT2D eigenvalue weighted by atomic mass is 16.5. The van der Waals surface area contributed by atoms with E-state index in [1.165, 1.54) is 6.92 Å². The van der Waals surface area contributed by atoms with Crippen LogP contribution in [0, 0.1) is 17.8 Å². The summed E-state index contributed by atoms with van der Waals surface area (Å²) in [7, 11) is 3.38. The number of nitrogens with one attached hydrogen (secondary N) is 1. The van der Waals surface area contributed by atoms with E-state index in [4.69, 9.17) is 0 Å². The fourth-order valence-corrected chi connectivity index (χ4v) is 1.82. The molecule has 0 aliphatic heterocycles. The molecular weight excluding hydrogens is 294 g/mol. The minimum absolute atomic E-state index is 0.381. The lowest BCUT2D eigenvalue weighted by Crippen LogP contribution is -2.51. The molecule has 1 N–H and O–H groups in total. The molecule has 8 nitrogen and oxygen atoms in total. The van der Waals surface area contributed by atoms with Gasteiger partial charge in [-0.15, -0.1) is 0 Å². The number of amides is 1. The van der Waals surface area contributed by atoms with Crippen molar-refractivity contribution in [3.8, 4) is 0 Å². The van der Waals surface area contributed by atoms with Crippen LogP contribution in [0.1, 0.15) is 20.8 Å². The van der Waals surface area contributed by atoms with E-state index in [1.54, 1.807) is 13.8 Å². The first-order valence-electron chi connectivity index (χ1n) is 6.75. The predicted molar refractivity (Wildman–Crippen MR) is 75.5 cm³/mol. The summed E-state index contributed by atoms with van der Waals surface area (Å²) in [6, 6.07) is -1.18. The average Bonchev–Trinajstić information content (AvgIpc) is 2.50. The quantitative estimate of drug-likeness (QED) is 0.397. The molecule has 0 fully saturated rings. The molecule has 2 atom stereocenters. The molecule has 0 unspecified atom stereocenters. The lowest BCUT2D eigenvalue weighted by Gasteiger charge is -2.27. The van der Waals surface area contributed by atoms with Gasteiger partial charge in [-0.2, -0.15) is 0 Å². The van der Waals surface area contributed by atoms with Gasteiger partial charge in [0.05, 0.1) is 21.3 Å². The van der Waals surface area contributed by atoms with Crippen molar-refractivity contribution >= 4 is 23.8 Å². The standard InChI is InChI=1S/C14H23NO7/c1-7(2)11(16)15-10(14(19)22-6)8(3)9(12(17)20-4)13(18)21-5/h7-10H,1-6H3,(H,15,16)/t8-,10-/m0/s1. The number of methoxy groups -OCH3 is 3. The van der Waals surface area contributed by atoms with Crippen LogP contribution in [0.3, 0.4) is 0 Å². The molecule has 0 bridgehead atoms. The topological polar surface area (TPSA) is 108 Å². The van der Waals surface area contributed by atoms with Crippen molar-refractivity contribution in [2.45, 2.75) is 26.8 Å². The van der Waals surface area contributed by atoms with Crippen LogP contribution in [0.2, 0.25) is 0 Å². The van der Waals surface area contributed by atoms with Crippen molar-refractivity contribution in [2.24, 2.45) is 17.8 Å². The maximum Gasteiger partial charge on any atom is 0.328 e. The first kappa shape index (κ1) is 19.9. The predicted octanol–water partition coefficient (Wildman–Crippen LogP) is -0.101. The fourth-order valence-electron chi connectivity index (χ4n) is 1.82. The second-order valence-electron chi connectivity index (χ2n) is 5.05. The molecule has 0 saturated heterocycles. The smallest absolute Gasteiger partial charge is 0.328 e. The molecule has 8 heteroatoms. The van der Waals surface area contributed by atoms with Gasteiger partial charge in [-0.25, -0.2) is 4.79 Å². The zero-order valence-electron chi connectivity index (χ0n) is 13.7. The van der Waals surface area contributed by atoms with Gasteiger partial charge < -0.3 is 19.5 Å². The molecule has 0 spiro atoms. The zero-order chi connectivity index (χ0) is 17.4. The van der Waals surface area contributed by atoms with Crippen LogP contribution in [0.15, 0.2) is 0 Å². The maximum atomic E-state index is 11.9. The number of hydrogen-bond donors (Lipinski definition) is 1. The summed E-state index contributed by atoms with van der Waals surface area (Å²) in [5.74, 6) is -5.52. The lowest BCUT2D eigenvalue weighted by atomic mass is 9.87. The number of esters is 3. The second-order valence-corrected chi connectivity index (χ2v) is 5.05. The van der Waals surface area contributed by atoms with Crippen LogP contribution in [0.4, 0.5) is 0 Å². The SMILES string of the molecule is COC(=O)C(C(=O)OC)[C@H](C)[C@H](NC(=O)C(C)C)C(=O)OC. The van der Waals surface area contributed by atoms with E-state index < -0.39 is 41.7 Å². The van der Waals surface area contributed by atoms with Crippen molar-refractivity contribution < 1.29 is 33.4 Å². The Hall–Kier alpha value is -2.12. The van der Waals surface area contributed by atoms with E-state index in [9.17, 15) is 19.2 Å². The van der Waals surface area contributed by atoms with Crippen LogP contribution in [-0.4, -0.2) is 51.2 Å². The molecule has 0 aliphatic carbocycles. The van der Waals surface area contributed by atoms with Crippen molar-refractivity contribution in [2.75, 3.05) is 21.3 Å². The lowest BCUT2D eigenvalue weighted by molar-refractivity contribution is -0.163. The van der Waals surface area contributed by atoms with Gasteiger partial charge in [0.2, 0.25) is 5.91 Å². The number of hydrogen-bond acceptors (Lipinski definition) is 7. The Morgan fingerprint density at radius 3 is 1.50 bits per heavy atom. The highest BCUT2D eigenvalue weighted by Crippen LogP contribution is 2.20. The molecule has 0 radical (unpaired) electrons. The Morgan fingerprint density at radius 2 is 1.18 bits per heavy atom. The largest absolute Gasteiger partial charge is 0.468 e. The molecule has 0 aromatic carbocycles. The van der Waals surface area contributed by atoms with Crippen molar-refractivity contribution in [3.05, 3.63) is 0 Å². The van der Waals surface area contributed by atoms with Gasteiger partial charge >= 0.3 is 17.9 Å². The van der Waals surface area contributed by atoms with Crippen LogP contribution in [0.25, 0.3) is 0 Å². The van der Waals surface area contributed by atoms with Gasteiger partial charge in [0.25, 0.3) is 0 Å². The number of ether oxygens (including phenoxy) is 3. The van der Waals surface area contributed by atoms with E-state index in [1.807, 2.05) is 0 Å². The third kappa shape index (κ3) is 5.01. The van der Waals surface area contributed by atoms with E-state index in [0.717, 1.165) is 21.3 Å². The summed E-state index contributed by atoms with van der Waals surface area (Å²) < 4.78 is 13.8. The summed E-state index contributed by atoms with van der Waals surface area (Å²) in [5, 5.41) is 2.48. The Kier molecular flexibility index (Phi) is 8.14. The first-order chi connectivity index (χ1) is 10.2. The van der Waals surface area contributed by atoms with E-state index in [-0.39, 0.29) is 5.92 Å². The molecule has 0 aliphatic rings. The summed E-state index contributed by atoms with van der Waals surface area (Å²) in [6.45, 7) is 4.75. The van der Waals surface area contributed by atoms with Crippen molar-refractivity contribution in [1.29, 1.82) is 0 Å². The van der Waals surface area contributed by atoms with Crippen molar-refractivity contribution in [1.82, 2.24) is 5.32 Å². The highest BCUT2D eigenvalue weighted by molar-refractivity contribution is 5.96. The maximum absolute atomic E-state index is 11.9. The van der Waals surface area contributed by atoms with E-state index in [0.29, 0.717) is 0 Å². The second kappa shape index (κ2) is 9.01. The van der Waals surface area contributed by atoms with E-state index in [2.05, 4.69) is 19.5 Å². The highest BCUT2D eigenvalue weighted by Gasteiger charge is 2.42. The van der Waals surface area contributed by atoms with Gasteiger partial charge in [0, 0.05) is 11.8 Å². The summed E-state index contributed by atoms with van der Waals surface area (Å²) in [4.78, 5) is 47.3. The van der Waals surface area contributed by atoms with Gasteiger partial charge in [-0.1, -0.05) is 20.8 Å².